The summed E-state index contributed by atoms with van der Waals surface area (Å²) in [4.78, 5) is 0. The van der Waals surface area contributed by atoms with Crippen LogP contribution >= 0.6 is 0 Å². The van der Waals surface area contributed by atoms with Crippen molar-refractivity contribution in [2.75, 3.05) is 0 Å². The van der Waals surface area contributed by atoms with Gasteiger partial charge in [-0.1, -0.05) is 38.2 Å². The summed E-state index contributed by atoms with van der Waals surface area (Å²) in [6, 6.07) is 0. The number of hydrogen-bond donors (Lipinski definition) is 0. The summed E-state index contributed by atoms with van der Waals surface area (Å²) in [5.41, 5.74) is 0.658. The van der Waals surface area contributed by atoms with Crippen LogP contribution in [0.4, 0.5) is 13.2 Å². The van der Waals surface area contributed by atoms with Gasteiger partial charge in [0.05, 0.1) is 0 Å². The zero-order valence-electron chi connectivity index (χ0n) is 8.93. The maximum atomic E-state index is 12.4. The molecule has 0 bridgehead atoms. The van der Waals surface area contributed by atoms with Crippen LogP contribution < -0.4 is 0 Å². The highest BCUT2D eigenvalue weighted by atomic mass is 19.4. The molecule has 1 rings (SSSR count). The first-order chi connectivity index (χ1) is 6.91. The highest BCUT2D eigenvalue weighted by molar-refractivity contribution is 5.29. The molecular formula is C12H15F3. The number of alkyl halides is 3. The van der Waals surface area contributed by atoms with Gasteiger partial charge < -0.3 is 0 Å². The Morgan fingerprint density at radius 2 is 1.93 bits per heavy atom. The predicted octanol–water partition coefficient (Wildman–Crippen LogP) is 4.41. The molecule has 0 atom stereocenters. The molecule has 1 aliphatic rings. The summed E-state index contributed by atoms with van der Waals surface area (Å²) >= 11 is 0. The van der Waals surface area contributed by atoms with Crippen LogP contribution in [0.5, 0.6) is 0 Å². The second kappa shape index (κ2) is 4.69. The van der Waals surface area contributed by atoms with Gasteiger partial charge in [-0.3, -0.25) is 0 Å². The Kier molecular flexibility index (Phi) is 3.77. The van der Waals surface area contributed by atoms with E-state index in [1.54, 1.807) is 6.08 Å². The van der Waals surface area contributed by atoms with Crippen molar-refractivity contribution >= 4 is 0 Å². The molecule has 0 N–H and O–H groups in total. The molecule has 0 spiro atoms. The molecule has 0 heterocycles. The third-order valence-electron chi connectivity index (χ3n) is 2.41. The van der Waals surface area contributed by atoms with Gasteiger partial charge in [0.15, 0.2) is 0 Å². The second-order valence-electron chi connectivity index (χ2n) is 3.95. The van der Waals surface area contributed by atoms with E-state index < -0.39 is 11.7 Å². The van der Waals surface area contributed by atoms with E-state index in [1.807, 2.05) is 19.9 Å². The Bertz CT molecular complexity index is 303. The summed E-state index contributed by atoms with van der Waals surface area (Å²) in [6.45, 7) is 4.07. The van der Waals surface area contributed by atoms with Crippen molar-refractivity contribution in [1.29, 1.82) is 0 Å². The van der Waals surface area contributed by atoms with Crippen LogP contribution in [0.2, 0.25) is 0 Å². The second-order valence-corrected chi connectivity index (χ2v) is 3.95. The predicted molar refractivity (Wildman–Crippen MR) is 55.4 cm³/mol. The quantitative estimate of drug-likeness (QED) is 0.609. The van der Waals surface area contributed by atoms with Crippen molar-refractivity contribution in [3.8, 4) is 0 Å². The lowest BCUT2D eigenvalue weighted by atomic mass is 9.97. The Morgan fingerprint density at radius 3 is 2.47 bits per heavy atom. The van der Waals surface area contributed by atoms with E-state index in [0.717, 1.165) is 5.57 Å². The monoisotopic (exact) mass is 216 g/mol. The fourth-order valence-electron chi connectivity index (χ4n) is 1.49. The lowest BCUT2D eigenvalue weighted by Gasteiger charge is -2.13. The van der Waals surface area contributed by atoms with Crippen molar-refractivity contribution in [2.45, 2.75) is 32.9 Å². The number of halogens is 3. The van der Waals surface area contributed by atoms with Crippen molar-refractivity contribution in [3.63, 3.8) is 0 Å². The van der Waals surface area contributed by atoms with Crippen molar-refractivity contribution in [3.05, 3.63) is 35.5 Å². The van der Waals surface area contributed by atoms with Gasteiger partial charge in [0.2, 0.25) is 0 Å². The van der Waals surface area contributed by atoms with Crippen LogP contribution in [-0.2, 0) is 0 Å². The van der Waals surface area contributed by atoms with Gasteiger partial charge in [-0.2, -0.15) is 13.2 Å². The van der Waals surface area contributed by atoms with E-state index in [4.69, 9.17) is 0 Å². The third kappa shape index (κ3) is 3.57. The smallest absolute Gasteiger partial charge is 0.166 e. The molecule has 0 aromatic heterocycles. The van der Waals surface area contributed by atoms with Crippen LogP contribution in [0.25, 0.3) is 0 Å². The van der Waals surface area contributed by atoms with E-state index in [1.165, 1.54) is 12.2 Å². The maximum absolute atomic E-state index is 12.4. The molecule has 0 fully saturated rings. The molecule has 0 aromatic rings. The van der Waals surface area contributed by atoms with Crippen molar-refractivity contribution in [2.24, 2.45) is 5.92 Å². The fourth-order valence-corrected chi connectivity index (χ4v) is 1.49. The van der Waals surface area contributed by atoms with Gasteiger partial charge in [-0.05, 0) is 24.3 Å². The van der Waals surface area contributed by atoms with Crippen molar-refractivity contribution < 1.29 is 13.2 Å². The highest BCUT2D eigenvalue weighted by Crippen LogP contribution is 2.30. The summed E-state index contributed by atoms with van der Waals surface area (Å²) in [5.74, 6) is 0.363. The first kappa shape index (κ1) is 12.1. The van der Waals surface area contributed by atoms with E-state index >= 15 is 0 Å². The average Bonchev–Trinajstić information content (AvgIpc) is 1.99. The van der Waals surface area contributed by atoms with Gasteiger partial charge in [0.1, 0.15) is 0 Å². The number of hydrogen-bond acceptors (Lipinski definition) is 0. The normalized spacial score (nSPS) is 21.7. The zero-order valence-corrected chi connectivity index (χ0v) is 8.93. The molecule has 0 amide bonds. The standard InChI is InChI=1S/C12H15F3/c1-9(2)10-5-3-7-11(8-4-6-10)12(13,14)15/h3,5-7,9H,4,8H2,1-2H3/b5-3?,10-6?,11-7-. The van der Waals surface area contributed by atoms with E-state index in [-0.39, 0.29) is 6.42 Å². The van der Waals surface area contributed by atoms with Crippen LogP contribution in [0.1, 0.15) is 26.7 Å². The molecule has 0 saturated heterocycles. The Hall–Kier alpha value is -0.990. The lowest BCUT2D eigenvalue weighted by Crippen LogP contribution is -2.12. The molecule has 0 aromatic carbocycles. The largest absolute Gasteiger partial charge is 0.412 e. The lowest BCUT2D eigenvalue weighted by molar-refractivity contribution is -0.0938. The molecule has 15 heavy (non-hydrogen) atoms. The summed E-state index contributed by atoms with van der Waals surface area (Å²) in [7, 11) is 0. The molecule has 0 radical (unpaired) electrons. The molecule has 1 aliphatic carbocycles. The van der Waals surface area contributed by atoms with E-state index in [0.29, 0.717) is 12.3 Å². The molecular weight excluding hydrogens is 201 g/mol. The zero-order chi connectivity index (χ0) is 11.5. The van der Waals surface area contributed by atoms with Crippen LogP contribution in [0, 0.1) is 5.92 Å². The summed E-state index contributed by atoms with van der Waals surface area (Å²) in [5, 5.41) is 0. The average molecular weight is 216 g/mol. The van der Waals surface area contributed by atoms with E-state index in [9.17, 15) is 13.2 Å². The molecule has 84 valence electrons. The minimum atomic E-state index is -4.19. The molecule has 0 aliphatic heterocycles. The topological polar surface area (TPSA) is 0 Å². The number of allylic oxidation sites excluding steroid dienone is 6. The molecule has 0 unspecified atom stereocenters. The fraction of sp³-hybridized carbons (Fsp3) is 0.500. The van der Waals surface area contributed by atoms with Gasteiger partial charge in [-0.15, -0.1) is 0 Å². The van der Waals surface area contributed by atoms with E-state index in [2.05, 4.69) is 0 Å². The van der Waals surface area contributed by atoms with Crippen molar-refractivity contribution in [1.82, 2.24) is 0 Å². The summed E-state index contributed by atoms with van der Waals surface area (Å²) in [6.07, 6.45) is 2.67. The minimum absolute atomic E-state index is 0.0735. The first-order valence-corrected chi connectivity index (χ1v) is 5.05. The molecule has 3 heteroatoms. The van der Waals surface area contributed by atoms with Gasteiger partial charge >= 0.3 is 6.18 Å². The summed E-state index contributed by atoms with van der Waals surface area (Å²) < 4.78 is 37.2. The van der Waals surface area contributed by atoms with Gasteiger partial charge in [0, 0.05) is 5.57 Å². The highest BCUT2D eigenvalue weighted by Gasteiger charge is 2.32. The van der Waals surface area contributed by atoms with Gasteiger partial charge in [0.25, 0.3) is 0 Å². The van der Waals surface area contributed by atoms with Crippen LogP contribution in [0.15, 0.2) is 35.5 Å². The Balaban J connectivity index is 2.83. The third-order valence-corrected chi connectivity index (χ3v) is 2.41. The minimum Gasteiger partial charge on any atom is -0.166 e. The molecule has 0 saturated carbocycles. The number of rotatable bonds is 1. The Labute approximate surface area is 88.2 Å². The van der Waals surface area contributed by atoms with Gasteiger partial charge in [-0.25, -0.2) is 0 Å². The Morgan fingerprint density at radius 1 is 1.27 bits per heavy atom. The van der Waals surface area contributed by atoms with Crippen LogP contribution in [-0.4, -0.2) is 6.18 Å². The maximum Gasteiger partial charge on any atom is 0.412 e. The molecule has 0 nitrogen and oxygen atoms in total. The first-order valence-electron chi connectivity index (χ1n) is 5.05. The van der Waals surface area contributed by atoms with Crippen LogP contribution in [0.3, 0.4) is 0 Å². The SMILES string of the molecule is CC(C)C1=CCC/C(C(F)(F)F)=C/C=C1.